The maximum Gasteiger partial charge on any atom is 0.162 e. The maximum absolute atomic E-state index is 5.98. The van der Waals surface area contributed by atoms with E-state index in [1.54, 1.807) is 24.7 Å². The summed E-state index contributed by atoms with van der Waals surface area (Å²) in [6.07, 6.45) is 2.42. The van der Waals surface area contributed by atoms with Gasteiger partial charge in [-0.05, 0) is 18.6 Å². The van der Waals surface area contributed by atoms with Gasteiger partial charge in [0.2, 0.25) is 0 Å². The molecule has 0 aliphatic heterocycles. The van der Waals surface area contributed by atoms with Crippen LogP contribution in [0.2, 0.25) is 0 Å². The van der Waals surface area contributed by atoms with E-state index in [0.717, 1.165) is 22.9 Å². The van der Waals surface area contributed by atoms with Crippen LogP contribution < -0.4 is 5.73 Å². The van der Waals surface area contributed by atoms with Gasteiger partial charge in [0.15, 0.2) is 10.8 Å². The second-order valence-corrected chi connectivity index (χ2v) is 4.30. The minimum absolute atomic E-state index is 0.0695. The molecule has 1 unspecified atom stereocenters. The lowest BCUT2D eigenvalue weighted by Crippen LogP contribution is -2.12. The van der Waals surface area contributed by atoms with Crippen LogP contribution in [0.4, 0.5) is 0 Å². The van der Waals surface area contributed by atoms with E-state index in [-0.39, 0.29) is 6.04 Å². The van der Waals surface area contributed by atoms with Crippen molar-refractivity contribution in [3.8, 4) is 10.8 Å². The number of hydrogen-bond donors (Lipinski definition) is 1. The molecule has 2 rings (SSSR count). The van der Waals surface area contributed by atoms with E-state index < -0.39 is 0 Å². The average Bonchev–Trinajstić information content (AvgIpc) is 2.94. The topological polar surface area (TPSA) is 61.3 Å². The van der Waals surface area contributed by atoms with Crippen molar-refractivity contribution < 1.29 is 9.15 Å². The fraction of sp³-hybridized carbons (Fsp3) is 0.364. The third-order valence-corrected chi connectivity index (χ3v) is 3.14. The first-order valence-corrected chi connectivity index (χ1v) is 5.93. The van der Waals surface area contributed by atoms with E-state index in [0.29, 0.717) is 6.61 Å². The van der Waals surface area contributed by atoms with Crippen LogP contribution in [-0.4, -0.2) is 18.7 Å². The van der Waals surface area contributed by atoms with Gasteiger partial charge in [0.1, 0.15) is 0 Å². The molecular weight excluding hydrogens is 224 g/mol. The molecule has 0 radical (unpaired) electrons. The van der Waals surface area contributed by atoms with Gasteiger partial charge in [0.25, 0.3) is 0 Å². The normalized spacial score (nSPS) is 12.9. The summed E-state index contributed by atoms with van der Waals surface area (Å²) >= 11 is 1.54. The standard InChI is InChI=1S/C11H14N2O2S/c1-14-6-4-8(12)9-7-16-11(13-9)10-3-2-5-15-10/h2-3,5,7-8H,4,6,12H2,1H3. The number of aromatic nitrogens is 1. The van der Waals surface area contributed by atoms with Crippen LogP contribution in [0.5, 0.6) is 0 Å². The summed E-state index contributed by atoms with van der Waals surface area (Å²) in [5.74, 6) is 0.787. The zero-order valence-corrected chi connectivity index (χ0v) is 9.87. The molecule has 0 spiro atoms. The summed E-state index contributed by atoms with van der Waals surface area (Å²) in [6.45, 7) is 0.648. The molecule has 2 N–H and O–H groups in total. The predicted octanol–water partition coefficient (Wildman–Crippen LogP) is 2.44. The third-order valence-electron chi connectivity index (χ3n) is 2.27. The first-order valence-electron chi connectivity index (χ1n) is 5.05. The molecule has 0 amide bonds. The molecule has 2 aromatic heterocycles. The molecule has 1 atom stereocenters. The Labute approximate surface area is 98.1 Å². The number of rotatable bonds is 5. The van der Waals surface area contributed by atoms with Crippen molar-refractivity contribution in [3.05, 3.63) is 29.5 Å². The van der Waals surface area contributed by atoms with Crippen molar-refractivity contribution in [1.82, 2.24) is 4.98 Å². The molecule has 16 heavy (non-hydrogen) atoms. The Hall–Kier alpha value is -1.17. The lowest BCUT2D eigenvalue weighted by Gasteiger charge is -2.06. The van der Waals surface area contributed by atoms with Crippen LogP contribution >= 0.6 is 11.3 Å². The van der Waals surface area contributed by atoms with Gasteiger partial charge < -0.3 is 14.9 Å². The van der Waals surface area contributed by atoms with Crippen molar-refractivity contribution in [2.75, 3.05) is 13.7 Å². The Morgan fingerprint density at radius 1 is 1.62 bits per heavy atom. The van der Waals surface area contributed by atoms with Gasteiger partial charge in [-0.25, -0.2) is 4.98 Å². The minimum Gasteiger partial charge on any atom is -0.462 e. The molecule has 4 nitrogen and oxygen atoms in total. The highest BCUT2D eigenvalue weighted by Crippen LogP contribution is 2.26. The molecule has 5 heteroatoms. The van der Waals surface area contributed by atoms with E-state index >= 15 is 0 Å². The quantitative estimate of drug-likeness (QED) is 0.869. The van der Waals surface area contributed by atoms with Gasteiger partial charge in [-0.2, -0.15) is 0 Å². The fourth-order valence-corrected chi connectivity index (χ4v) is 2.21. The van der Waals surface area contributed by atoms with Crippen molar-refractivity contribution in [2.45, 2.75) is 12.5 Å². The molecule has 0 aliphatic carbocycles. The molecule has 2 aromatic rings. The molecule has 86 valence electrons. The molecule has 0 saturated carbocycles. The van der Waals surface area contributed by atoms with Gasteiger partial charge in [0.05, 0.1) is 18.0 Å². The van der Waals surface area contributed by atoms with Gasteiger partial charge in [-0.1, -0.05) is 0 Å². The van der Waals surface area contributed by atoms with Gasteiger partial charge in [-0.15, -0.1) is 11.3 Å². The van der Waals surface area contributed by atoms with Crippen molar-refractivity contribution >= 4 is 11.3 Å². The lowest BCUT2D eigenvalue weighted by molar-refractivity contribution is 0.188. The SMILES string of the molecule is COCCC(N)c1csc(-c2ccco2)n1. The van der Waals surface area contributed by atoms with E-state index in [1.807, 2.05) is 17.5 Å². The van der Waals surface area contributed by atoms with E-state index in [4.69, 9.17) is 14.9 Å². The fourth-order valence-electron chi connectivity index (χ4n) is 1.36. The number of ether oxygens (including phenoxy) is 1. The van der Waals surface area contributed by atoms with Crippen LogP contribution in [0, 0.1) is 0 Å². The van der Waals surface area contributed by atoms with Crippen LogP contribution in [-0.2, 0) is 4.74 Å². The van der Waals surface area contributed by atoms with Crippen molar-refractivity contribution in [3.63, 3.8) is 0 Å². The van der Waals surface area contributed by atoms with Gasteiger partial charge >= 0.3 is 0 Å². The number of furan rings is 1. The highest BCUT2D eigenvalue weighted by molar-refractivity contribution is 7.13. The summed E-state index contributed by atoms with van der Waals surface area (Å²) in [4.78, 5) is 4.45. The summed E-state index contributed by atoms with van der Waals surface area (Å²) < 4.78 is 10.3. The molecular formula is C11H14N2O2S. The van der Waals surface area contributed by atoms with Crippen molar-refractivity contribution in [2.24, 2.45) is 5.73 Å². The van der Waals surface area contributed by atoms with E-state index in [9.17, 15) is 0 Å². The average molecular weight is 238 g/mol. The molecule has 0 aromatic carbocycles. The minimum atomic E-state index is -0.0695. The highest BCUT2D eigenvalue weighted by Gasteiger charge is 2.12. The molecule has 0 saturated heterocycles. The Morgan fingerprint density at radius 2 is 2.50 bits per heavy atom. The maximum atomic E-state index is 5.98. The molecule has 0 fully saturated rings. The number of nitrogens with two attached hydrogens (primary N) is 1. The van der Waals surface area contributed by atoms with Gasteiger partial charge in [0, 0.05) is 19.1 Å². The van der Waals surface area contributed by atoms with E-state index in [2.05, 4.69) is 4.98 Å². The number of nitrogens with zero attached hydrogens (tertiary/aromatic N) is 1. The van der Waals surface area contributed by atoms with Gasteiger partial charge in [-0.3, -0.25) is 0 Å². The largest absolute Gasteiger partial charge is 0.462 e. The summed E-state index contributed by atoms with van der Waals surface area (Å²) in [5.41, 5.74) is 6.88. The number of methoxy groups -OCH3 is 1. The van der Waals surface area contributed by atoms with Crippen LogP contribution in [0.15, 0.2) is 28.2 Å². The highest BCUT2D eigenvalue weighted by atomic mass is 32.1. The Kier molecular flexibility index (Phi) is 3.71. The van der Waals surface area contributed by atoms with E-state index in [1.165, 1.54) is 0 Å². The van der Waals surface area contributed by atoms with Crippen LogP contribution in [0.3, 0.4) is 0 Å². The number of thiazole rings is 1. The summed E-state index contributed by atoms with van der Waals surface area (Å²) in [5, 5.41) is 2.84. The molecule has 0 bridgehead atoms. The van der Waals surface area contributed by atoms with Crippen LogP contribution in [0.25, 0.3) is 10.8 Å². The Balaban J connectivity index is 2.07. The second-order valence-electron chi connectivity index (χ2n) is 3.44. The third kappa shape index (κ3) is 2.49. The molecule has 2 heterocycles. The number of hydrogen-bond acceptors (Lipinski definition) is 5. The second kappa shape index (κ2) is 5.25. The lowest BCUT2D eigenvalue weighted by atomic mass is 10.2. The predicted molar refractivity (Wildman–Crippen MR) is 63.2 cm³/mol. The summed E-state index contributed by atoms with van der Waals surface area (Å²) in [7, 11) is 1.67. The van der Waals surface area contributed by atoms with Crippen molar-refractivity contribution in [1.29, 1.82) is 0 Å². The zero-order chi connectivity index (χ0) is 11.4. The molecule has 0 aliphatic rings. The Bertz CT molecular complexity index is 425. The zero-order valence-electron chi connectivity index (χ0n) is 9.05. The summed E-state index contributed by atoms with van der Waals surface area (Å²) in [6, 6.07) is 3.67. The van der Waals surface area contributed by atoms with Crippen LogP contribution in [0.1, 0.15) is 18.2 Å². The monoisotopic (exact) mass is 238 g/mol. The first kappa shape index (κ1) is 11.3. The first-order chi connectivity index (χ1) is 7.81. The Morgan fingerprint density at radius 3 is 3.19 bits per heavy atom. The smallest absolute Gasteiger partial charge is 0.162 e.